The van der Waals surface area contributed by atoms with Crippen LogP contribution in [0, 0.1) is 3.57 Å². The number of hydrogen-bond acceptors (Lipinski definition) is 2. The second-order valence-electron chi connectivity index (χ2n) is 2.15. The Balaban J connectivity index is 3.32. The van der Waals surface area contributed by atoms with Gasteiger partial charge in [-0.3, -0.25) is 4.79 Å². The molecular weight excluding hydrogens is 314 g/mol. The van der Waals surface area contributed by atoms with Gasteiger partial charge in [0.05, 0.1) is 3.57 Å². The van der Waals surface area contributed by atoms with Crippen molar-refractivity contribution in [1.82, 2.24) is 4.98 Å². The largest absolute Gasteiger partial charge is 0.296 e. The topological polar surface area (TPSA) is 30.0 Å². The maximum Gasteiger partial charge on any atom is 0.266 e. The molecule has 1 rings (SSSR count). The van der Waals surface area contributed by atoms with Crippen LogP contribution < -0.4 is 0 Å². The van der Waals surface area contributed by atoms with Gasteiger partial charge in [0.1, 0.15) is 10.8 Å². The molecule has 2 nitrogen and oxygen atoms in total. The molecule has 0 radical (unpaired) electrons. The Morgan fingerprint density at radius 1 is 1.62 bits per heavy atom. The van der Waals surface area contributed by atoms with Gasteiger partial charge in [-0.25, -0.2) is 13.8 Å². The molecule has 1 aromatic heterocycles. The lowest BCUT2D eigenvalue weighted by Crippen LogP contribution is -1.99. The number of aldehydes is 1. The molecule has 0 aromatic carbocycles. The van der Waals surface area contributed by atoms with E-state index in [0.29, 0.717) is 3.57 Å². The second-order valence-corrected chi connectivity index (χ2v) is 3.67. The fraction of sp³-hybridized carbons (Fsp3) is 0.143. The van der Waals surface area contributed by atoms with E-state index in [4.69, 9.17) is 11.6 Å². The number of hydrogen-bond donors (Lipinski definition) is 0. The Bertz CT molecular complexity index is 346. The van der Waals surface area contributed by atoms with Gasteiger partial charge in [-0.2, -0.15) is 0 Å². The fourth-order valence-corrected chi connectivity index (χ4v) is 1.36. The van der Waals surface area contributed by atoms with Gasteiger partial charge in [0.25, 0.3) is 6.43 Å². The van der Waals surface area contributed by atoms with Crippen molar-refractivity contribution in [3.63, 3.8) is 0 Å². The summed E-state index contributed by atoms with van der Waals surface area (Å²) in [6.45, 7) is 0. The van der Waals surface area contributed by atoms with Gasteiger partial charge in [-0.15, -0.1) is 0 Å². The SMILES string of the molecule is O=Cc1nc(Cl)c(I)cc1C(F)F. The second kappa shape index (κ2) is 4.28. The molecule has 0 bridgehead atoms. The van der Waals surface area contributed by atoms with Crippen molar-refractivity contribution in [2.45, 2.75) is 6.43 Å². The standard InChI is InChI=1S/C7H3ClF2INO/c8-6-4(11)1-3(7(9)10)5(2-13)12-6/h1-2,7H. The number of rotatable bonds is 2. The normalized spacial score (nSPS) is 10.5. The first-order valence-electron chi connectivity index (χ1n) is 3.15. The van der Waals surface area contributed by atoms with Crippen LogP contribution in [0.15, 0.2) is 6.07 Å². The summed E-state index contributed by atoms with van der Waals surface area (Å²) in [4.78, 5) is 13.9. The summed E-state index contributed by atoms with van der Waals surface area (Å²) in [5, 5.41) is 0.0621. The van der Waals surface area contributed by atoms with E-state index in [1.807, 2.05) is 0 Å². The monoisotopic (exact) mass is 317 g/mol. The molecule has 70 valence electrons. The zero-order valence-corrected chi connectivity index (χ0v) is 9.01. The first-order chi connectivity index (χ1) is 6.06. The Hall–Kier alpha value is -0.300. The van der Waals surface area contributed by atoms with E-state index in [0.717, 1.165) is 6.07 Å². The third-order valence-electron chi connectivity index (χ3n) is 1.34. The van der Waals surface area contributed by atoms with E-state index >= 15 is 0 Å². The molecule has 0 spiro atoms. The van der Waals surface area contributed by atoms with Crippen LogP contribution in [-0.2, 0) is 0 Å². The van der Waals surface area contributed by atoms with Crippen molar-refractivity contribution in [3.8, 4) is 0 Å². The molecule has 0 fully saturated rings. The molecular formula is C7H3ClF2INO. The number of halogens is 4. The average Bonchev–Trinajstić information content (AvgIpc) is 2.08. The minimum absolute atomic E-state index is 0.0621. The molecule has 0 amide bonds. The summed E-state index contributed by atoms with van der Waals surface area (Å²) >= 11 is 7.32. The third kappa shape index (κ3) is 2.34. The summed E-state index contributed by atoms with van der Waals surface area (Å²) in [6, 6.07) is 1.16. The van der Waals surface area contributed by atoms with Crippen LogP contribution >= 0.6 is 34.2 Å². The summed E-state index contributed by atoms with van der Waals surface area (Å²) in [6.07, 6.45) is -2.44. The van der Waals surface area contributed by atoms with E-state index in [2.05, 4.69) is 4.98 Å². The van der Waals surface area contributed by atoms with Crippen LogP contribution in [0.5, 0.6) is 0 Å². The Morgan fingerprint density at radius 3 is 2.69 bits per heavy atom. The van der Waals surface area contributed by atoms with Crippen molar-refractivity contribution in [3.05, 3.63) is 26.0 Å². The van der Waals surface area contributed by atoms with Crippen molar-refractivity contribution in [1.29, 1.82) is 0 Å². The van der Waals surface area contributed by atoms with E-state index < -0.39 is 6.43 Å². The van der Waals surface area contributed by atoms with Crippen LogP contribution in [0.25, 0.3) is 0 Å². The average molecular weight is 317 g/mol. The van der Waals surface area contributed by atoms with Gasteiger partial charge in [0.2, 0.25) is 0 Å². The molecule has 0 saturated carbocycles. The number of nitrogens with zero attached hydrogens (tertiary/aromatic N) is 1. The van der Waals surface area contributed by atoms with Crippen LogP contribution in [0.1, 0.15) is 22.5 Å². The molecule has 0 atom stereocenters. The number of alkyl halides is 2. The van der Waals surface area contributed by atoms with E-state index in [1.54, 1.807) is 22.6 Å². The highest BCUT2D eigenvalue weighted by Crippen LogP contribution is 2.26. The molecule has 1 aromatic rings. The predicted octanol–water partition coefficient (Wildman–Crippen LogP) is 3.09. The molecule has 0 unspecified atom stereocenters. The summed E-state index contributed by atoms with van der Waals surface area (Å²) in [7, 11) is 0. The van der Waals surface area contributed by atoms with Crippen LogP contribution in [0.2, 0.25) is 5.15 Å². The molecule has 6 heteroatoms. The number of carbonyl (C=O) groups is 1. The zero-order valence-electron chi connectivity index (χ0n) is 6.10. The highest BCUT2D eigenvalue weighted by Gasteiger charge is 2.16. The first kappa shape index (κ1) is 10.8. The minimum atomic E-state index is -2.71. The first-order valence-corrected chi connectivity index (χ1v) is 4.61. The molecule has 1 heterocycles. The van der Waals surface area contributed by atoms with Gasteiger partial charge in [-0.05, 0) is 28.7 Å². The quantitative estimate of drug-likeness (QED) is 0.477. The van der Waals surface area contributed by atoms with Crippen LogP contribution in [0.3, 0.4) is 0 Å². The van der Waals surface area contributed by atoms with Crippen molar-refractivity contribution >= 4 is 40.5 Å². The lowest BCUT2D eigenvalue weighted by Gasteiger charge is -2.04. The molecule has 13 heavy (non-hydrogen) atoms. The highest BCUT2D eigenvalue weighted by atomic mass is 127. The van der Waals surface area contributed by atoms with Gasteiger partial charge < -0.3 is 0 Å². The Labute approximate surface area is 91.4 Å². The Morgan fingerprint density at radius 2 is 2.23 bits per heavy atom. The van der Waals surface area contributed by atoms with Crippen LogP contribution in [-0.4, -0.2) is 11.3 Å². The maximum atomic E-state index is 12.3. The minimum Gasteiger partial charge on any atom is -0.296 e. The molecule has 0 aliphatic rings. The maximum absolute atomic E-state index is 12.3. The van der Waals surface area contributed by atoms with Gasteiger partial charge in [-0.1, -0.05) is 11.6 Å². The highest BCUT2D eigenvalue weighted by molar-refractivity contribution is 14.1. The van der Waals surface area contributed by atoms with Crippen molar-refractivity contribution in [2.24, 2.45) is 0 Å². The predicted molar refractivity (Wildman–Crippen MR) is 52.3 cm³/mol. The number of carbonyl (C=O) groups excluding carboxylic acids is 1. The van der Waals surface area contributed by atoms with Gasteiger partial charge >= 0.3 is 0 Å². The lowest BCUT2D eigenvalue weighted by molar-refractivity contribution is 0.110. The van der Waals surface area contributed by atoms with E-state index in [-0.39, 0.29) is 22.7 Å². The number of pyridine rings is 1. The smallest absolute Gasteiger partial charge is 0.266 e. The van der Waals surface area contributed by atoms with E-state index in [1.165, 1.54) is 0 Å². The summed E-state index contributed by atoms with van der Waals surface area (Å²) in [5.74, 6) is 0. The lowest BCUT2D eigenvalue weighted by atomic mass is 10.2. The fourth-order valence-electron chi connectivity index (χ4n) is 0.763. The van der Waals surface area contributed by atoms with Crippen molar-refractivity contribution in [2.75, 3.05) is 0 Å². The van der Waals surface area contributed by atoms with Crippen molar-refractivity contribution < 1.29 is 13.6 Å². The van der Waals surface area contributed by atoms with E-state index in [9.17, 15) is 13.6 Å². The zero-order chi connectivity index (χ0) is 10.0. The molecule has 0 aliphatic carbocycles. The third-order valence-corrected chi connectivity index (χ3v) is 2.77. The van der Waals surface area contributed by atoms with Crippen LogP contribution in [0.4, 0.5) is 8.78 Å². The molecule has 0 saturated heterocycles. The summed E-state index contributed by atoms with van der Waals surface area (Å²) < 4.78 is 25.0. The number of aromatic nitrogens is 1. The summed E-state index contributed by atoms with van der Waals surface area (Å²) in [5.41, 5.74) is -0.691. The molecule has 0 N–H and O–H groups in total. The molecule has 0 aliphatic heterocycles. The Kier molecular flexibility index (Phi) is 3.55. The van der Waals surface area contributed by atoms with Gasteiger partial charge in [0.15, 0.2) is 6.29 Å². The van der Waals surface area contributed by atoms with Gasteiger partial charge in [0, 0.05) is 5.56 Å².